The van der Waals surface area contributed by atoms with Gasteiger partial charge < -0.3 is 0 Å². The second-order valence-electron chi connectivity index (χ2n) is 4.47. The van der Waals surface area contributed by atoms with Crippen molar-refractivity contribution in [3.8, 4) is 0 Å². The van der Waals surface area contributed by atoms with Crippen molar-refractivity contribution in [3.05, 3.63) is 11.3 Å². The molecule has 0 bridgehead atoms. The molecule has 0 aromatic heterocycles. The van der Waals surface area contributed by atoms with Crippen molar-refractivity contribution in [2.45, 2.75) is 51.9 Å². The van der Waals surface area contributed by atoms with Gasteiger partial charge in [-0.15, -0.1) is 0 Å². The molecule has 1 aliphatic carbocycles. The summed E-state index contributed by atoms with van der Waals surface area (Å²) < 4.78 is 0. The summed E-state index contributed by atoms with van der Waals surface area (Å²) in [4.78, 5) is 4.56. The number of hydrogen-bond donors (Lipinski definition) is 0. The highest BCUT2D eigenvalue weighted by Crippen LogP contribution is 2.31. The third-order valence-corrected chi connectivity index (χ3v) is 3.16. The zero-order valence-electron chi connectivity index (χ0n) is 8.55. The lowest BCUT2D eigenvalue weighted by molar-refractivity contribution is 0.551. The van der Waals surface area contributed by atoms with Crippen LogP contribution in [0.25, 0.3) is 0 Å². The maximum absolute atomic E-state index is 4.56. The Morgan fingerprint density at radius 1 is 1.23 bits per heavy atom. The SMILES string of the molecule is CC1CC=NC(=C2CCCCC2)C1. The molecule has 2 aliphatic rings. The molecule has 1 aliphatic heterocycles. The van der Waals surface area contributed by atoms with Gasteiger partial charge in [0.1, 0.15) is 0 Å². The van der Waals surface area contributed by atoms with Gasteiger partial charge in [-0.05, 0) is 50.0 Å². The Labute approximate surface area is 80.9 Å². The van der Waals surface area contributed by atoms with Crippen LogP contribution < -0.4 is 0 Å². The van der Waals surface area contributed by atoms with Crippen LogP contribution in [0.4, 0.5) is 0 Å². The lowest BCUT2D eigenvalue weighted by Crippen LogP contribution is -2.07. The molecule has 1 heteroatoms. The highest BCUT2D eigenvalue weighted by Gasteiger charge is 2.15. The minimum atomic E-state index is 0.821. The Kier molecular flexibility index (Phi) is 2.82. The van der Waals surface area contributed by atoms with E-state index in [2.05, 4.69) is 18.1 Å². The zero-order chi connectivity index (χ0) is 9.10. The number of nitrogens with zero attached hydrogens (tertiary/aromatic N) is 1. The molecular formula is C12H19N. The van der Waals surface area contributed by atoms with Crippen LogP contribution in [0.5, 0.6) is 0 Å². The highest BCUT2D eigenvalue weighted by atomic mass is 14.8. The van der Waals surface area contributed by atoms with E-state index in [0.717, 1.165) is 5.92 Å². The molecule has 1 atom stereocenters. The maximum Gasteiger partial charge on any atom is 0.0394 e. The number of rotatable bonds is 0. The molecule has 1 saturated carbocycles. The normalized spacial score (nSPS) is 29.5. The van der Waals surface area contributed by atoms with Crippen LogP contribution >= 0.6 is 0 Å². The van der Waals surface area contributed by atoms with Gasteiger partial charge in [-0.3, -0.25) is 4.99 Å². The average Bonchev–Trinajstić information content (AvgIpc) is 2.19. The highest BCUT2D eigenvalue weighted by molar-refractivity contribution is 5.61. The Morgan fingerprint density at radius 2 is 2.00 bits per heavy atom. The van der Waals surface area contributed by atoms with Gasteiger partial charge in [0, 0.05) is 11.9 Å². The fourth-order valence-corrected chi connectivity index (χ4v) is 2.31. The molecule has 0 spiro atoms. The molecule has 0 aromatic rings. The van der Waals surface area contributed by atoms with E-state index in [1.54, 1.807) is 5.57 Å². The van der Waals surface area contributed by atoms with Gasteiger partial charge in [-0.1, -0.05) is 13.3 Å². The molecule has 2 rings (SSSR count). The molecule has 1 heterocycles. The number of aliphatic imine (C=N–C) groups is 1. The summed E-state index contributed by atoms with van der Waals surface area (Å²) in [5, 5.41) is 0. The van der Waals surface area contributed by atoms with E-state index in [-0.39, 0.29) is 0 Å². The van der Waals surface area contributed by atoms with Crippen LogP contribution in [0.1, 0.15) is 51.9 Å². The standard InChI is InChI=1S/C12H19N/c1-10-7-8-13-12(9-10)11-5-3-2-4-6-11/h8,10H,2-7,9H2,1H3. The van der Waals surface area contributed by atoms with Crippen LogP contribution in [0.15, 0.2) is 16.3 Å². The molecule has 1 nitrogen and oxygen atoms in total. The second-order valence-corrected chi connectivity index (χ2v) is 4.47. The van der Waals surface area contributed by atoms with Crippen LogP contribution in [-0.2, 0) is 0 Å². The quantitative estimate of drug-likeness (QED) is 0.535. The summed E-state index contributed by atoms with van der Waals surface area (Å²) in [5.74, 6) is 0.821. The largest absolute Gasteiger partial charge is 0.266 e. The predicted octanol–water partition coefficient (Wildman–Crippen LogP) is 3.71. The van der Waals surface area contributed by atoms with Crippen LogP contribution in [-0.4, -0.2) is 6.21 Å². The minimum absolute atomic E-state index is 0.821. The third-order valence-electron chi connectivity index (χ3n) is 3.16. The van der Waals surface area contributed by atoms with Crippen molar-refractivity contribution >= 4 is 6.21 Å². The van der Waals surface area contributed by atoms with E-state index < -0.39 is 0 Å². The van der Waals surface area contributed by atoms with E-state index in [1.165, 1.54) is 50.6 Å². The van der Waals surface area contributed by atoms with E-state index in [0.29, 0.717) is 0 Å². The van der Waals surface area contributed by atoms with Gasteiger partial charge in [0.15, 0.2) is 0 Å². The Balaban J connectivity index is 2.11. The summed E-state index contributed by atoms with van der Waals surface area (Å²) >= 11 is 0. The summed E-state index contributed by atoms with van der Waals surface area (Å²) in [6.07, 6.45) is 11.4. The van der Waals surface area contributed by atoms with Gasteiger partial charge >= 0.3 is 0 Å². The topological polar surface area (TPSA) is 12.4 Å². The molecule has 0 amide bonds. The van der Waals surface area contributed by atoms with Gasteiger partial charge in [0.2, 0.25) is 0 Å². The van der Waals surface area contributed by atoms with Crippen molar-refractivity contribution in [2.75, 3.05) is 0 Å². The zero-order valence-corrected chi connectivity index (χ0v) is 8.55. The minimum Gasteiger partial charge on any atom is -0.266 e. The van der Waals surface area contributed by atoms with E-state index in [9.17, 15) is 0 Å². The maximum atomic E-state index is 4.56. The first kappa shape index (κ1) is 8.98. The summed E-state index contributed by atoms with van der Waals surface area (Å²) in [6.45, 7) is 2.33. The lowest BCUT2D eigenvalue weighted by Gasteiger charge is -2.21. The van der Waals surface area contributed by atoms with Gasteiger partial charge in [0.05, 0.1) is 0 Å². The van der Waals surface area contributed by atoms with E-state index >= 15 is 0 Å². The van der Waals surface area contributed by atoms with Crippen molar-refractivity contribution < 1.29 is 0 Å². The predicted molar refractivity (Wildman–Crippen MR) is 57.0 cm³/mol. The lowest BCUT2D eigenvalue weighted by atomic mass is 9.89. The fourth-order valence-electron chi connectivity index (χ4n) is 2.31. The first-order chi connectivity index (χ1) is 6.36. The second kappa shape index (κ2) is 4.08. The molecule has 72 valence electrons. The molecule has 1 fully saturated rings. The molecule has 0 aromatic carbocycles. The molecule has 13 heavy (non-hydrogen) atoms. The first-order valence-electron chi connectivity index (χ1n) is 5.59. The van der Waals surface area contributed by atoms with Crippen LogP contribution in [0.2, 0.25) is 0 Å². The van der Waals surface area contributed by atoms with Crippen molar-refractivity contribution in [1.82, 2.24) is 0 Å². The van der Waals surface area contributed by atoms with Gasteiger partial charge in [-0.25, -0.2) is 0 Å². The molecule has 0 radical (unpaired) electrons. The summed E-state index contributed by atoms with van der Waals surface area (Å²) in [5.41, 5.74) is 3.09. The number of allylic oxidation sites excluding steroid dienone is 2. The van der Waals surface area contributed by atoms with E-state index in [1.807, 2.05) is 0 Å². The van der Waals surface area contributed by atoms with Crippen LogP contribution in [0, 0.1) is 5.92 Å². The van der Waals surface area contributed by atoms with Crippen molar-refractivity contribution in [1.29, 1.82) is 0 Å². The third kappa shape index (κ3) is 2.20. The molecule has 1 unspecified atom stereocenters. The molecular weight excluding hydrogens is 158 g/mol. The first-order valence-corrected chi connectivity index (χ1v) is 5.59. The molecule has 0 saturated heterocycles. The van der Waals surface area contributed by atoms with Crippen LogP contribution in [0.3, 0.4) is 0 Å². The number of hydrogen-bond acceptors (Lipinski definition) is 1. The monoisotopic (exact) mass is 177 g/mol. The Bertz CT molecular complexity index is 230. The average molecular weight is 177 g/mol. The van der Waals surface area contributed by atoms with Gasteiger partial charge in [0.25, 0.3) is 0 Å². The molecule has 0 N–H and O–H groups in total. The summed E-state index contributed by atoms with van der Waals surface area (Å²) in [6, 6.07) is 0. The Hall–Kier alpha value is -0.590. The van der Waals surface area contributed by atoms with Crippen molar-refractivity contribution in [2.24, 2.45) is 10.9 Å². The van der Waals surface area contributed by atoms with Crippen molar-refractivity contribution in [3.63, 3.8) is 0 Å². The Morgan fingerprint density at radius 3 is 2.69 bits per heavy atom. The van der Waals surface area contributed by atoms with Gasteiger partial charge in [-0.2, -0.15) is 0 Å². The fraction of sp³-hybridized carbons (Fsp3) is 0.750. The van der Waals surface area contributed by atoms with E-state index in [4.69, 9.17) is 0 Å². The summed E-state index contributed by atoms with van der Waals surface area (Å²) in [7, 11) is 0. The smallest absolute Gasteiger partial charge is 0.0394 e.